The molecular formula is C30H42ClN3O5S. The molecule has 40 heavy (non-hydrogen) atoms. The summed E-state index contributed by atoms with van der Waals surface area (Å²) in [6, 6.07) is 17.0. The molecule has 0 N–H and O–H groups in total. The Morgan fingerprint density at radius 1 is 1.05 bits per heavy atom. The van der Waals surface area contributed by atoms with Gasteiger partial charge in [-0.3, -0.25) is 9.59 Å². The number of benzene rings is 2. The van der Waals surface area contributed by atoms with Crippen molar-refractivity contribution in [2.24, 2.45) is 0 Å². The van der Waals surface area contributed by atoms with Crippen molar-refractivity contribution in [1.82, 2.24) is 14.1 Å². The fourth-order valence-electron chi connectivity index (χ4n) is 5.20. The Hall–Kier alpha value is -2.46. The number of likely N-dealkylation sites (tertiary alicyclic amines) is 1. The monoisotopic (exact) mass is 591 g/mol. The van der Waals surface area contributed by atoms with Gasteiger partial charge in [-0.25, -0.2) is 8.42 Å². The maximum atomic E-state index is 13.8. The van der Waals surface area contributed by atoms with Crippen LogP contribution in [0.25, 0.3) is 0 Å². The zero-order valence-corrected chi connectivity index (χ0v) is 25.4. The number of methoxy groups -OCH3 is 1. The fourth-order valence-corrected chi connectivity index (χ4v) is 6.76. The van der Waals surface area contributed by atoms with E-state index >= 15 is 0 Å². The summed E-state index contributed by atoms with van der Waals surface area (Å²) in [4.78, 5) is 30.9. The number of carbonyl (C=O) groups excluding carboxylic acids is 2. The zero-order chi connectivity index (χ0) is 29.1. The van der Waals surface area contributed by atoms with Crippen LogP contribution in [0.2, 0.25) is 5.02 Å². The molecule has 3 rings (SSSR count). The lowest BCUT2D eigenvalue weighted by atomic mass is 9.93. The van der Waals surface area contributed by atoms with E-state index in [0.29, 0.717) is 50.3 Å². The van der Waals surface area contributed by atoms with E-state index in [1.54, 1.807) is 24.0 Å². The topological polar surface area (TPSA) is 87.2 Å². The number of hydrogen-bond donors (Lipinski definition) is 0. The van der Waals surface area contributed by atoms with Gasteiger partial charge in [0.15, 0.2) is 0 Å². The smallest absolute Gasteiger partial charge is 0.238 e. The Kier molecular flexibility index (Phi) is 12.4. The summed E-state index contributed by atoms with van der Waals surface area (Å²) >= 11 is 6.08. The number of piperidine rings is 1. The first-order chi connectivity index (χ1) is 19.2. The third kappa shape index (κ3) is 8.77. The SMILES string of the molecule is CCCS(=O)(=O)N(CCOC)CC(=O)N(Cc1ccc(Cl)cc1)C1CCN(C(=O)C(CC)c2ccccc2)CC1. The van der Waals surface area contributed by atoms with Gasteiger partial charge in [0.1, 0.15) is 0 Å². The molecule has 1 fully saturated rings. The van der Waals surface area contributed by atoms with E-state index in [-0.39, 0.29) is 49.2 Å². The van der Waals surface area contributed by atoms with Crippen LogP contribution < -0.4 is 0 Å². The molecule has 0 spiro atoms. The number of sulfonamides is 1. The molecule has 0 saturated carbocycles. The van der Waals surface area contributed by atoms with E-state index < -0.39 is 10.0 Å². The van der Waals surface area contributed by atoms with Crippen molar-refractivity contribution >= 4 is 33.4 Å². The first-order valence-corrected chi connectivity index (χ1v) is 16.0. The third-order valence-corrected chi connectivity index (χ3v) is 9.70. The number of nitrogens with zero attached hydrogens (tertiary/aromatic N) is 3. The van der Waals surface area contributed by atoms with Gasteiger partial charge in [0.05, 0.1) is 24.8 Å². The number of hydrogen-bond acceptors (Lipinski definition) is 5. The van der Waals surface area contributed by atoms with Crippen molar-refractivity contribution < 1.29 is 22.7 Å². The van der Waals surface area contributed by atoms with Crippen LogP contribution >= 0.6 is 11.6 Å². The number of amides is 2. The predicted molar refractivity (Wildman–Crippen MR) is 159 cm³/mol. The second-order valence-electron chi connectivity index (χ2n) is 10.2. The summed E-state index contributed by atoms with van der Waals surface area (Å²) in [6.45, 7) is 5.32. The van der Waals surface area contributed by atoms with Crippen LogP contribution in [0.4, 0.5) is 0 Å². The highest BCUT2D eigenvalue weighted by Gasteiger charge is 2.34. The molecule has 1 heterocycles. The maximum Gasteiger partial charge on any atom is 0.238 e. The van der Waals surface area contributed by atoms with Crippen molar-refractivity contribution in [1.29, 1.82) is 0 Å². The molecule has 2 aromatic rings. The Labute approximate surface area is 244 Å². The van der Waals surface area contributed by atoms with Gasteiger partial charge in [0.25, 0.3) is 0 Å². The van der Waals surface area contributed by atoms with Crippen molar-refractivity contribution in [2.75, 3.05) is 45.6 Å². The first-order valence-electron chi connectivity index (χ1n) is 14.0. The van der Waals surface area contributed by atoms with Crippen LogP contribution in [0.15, 0.2) is 54.6 Å². The molecule has 1 aliphatic rings. The maximum absolute atomic E-state index is 13.8. The van der Waals surface area contributed by atoms with Gasteiger partial charge in [-0.1, -0.05) is 67.9 Å². The van der Waals surface area contributed by atoms with Crippen LogP contribution in [0.3, 0.4) is 0 Å². The Balaban J connectivity index is 1.77. The molecule has 1 saturated heterocycles. The van der Waals surface area contributed by atoms with Crippen molar-refractivity contribution in [3.8, 4) is 0 Å². The van der Waals surface area contributed by atoms with Crippen molar-refractivity contribution in [2.45, 2.75) is 58.0 Å². The predicted octanol–water partition coefficient (Wildman–Crippen LogP) is 4.54. The molecule has 10 heteroatoms. The molecule has 220 valence electrons. The lowest BCUT2D eigenvalue weighted by Crippen LogP contribution is -2.52. The zero-order valence-electron chi connectivity index (χ0n) is 23.8. The lowest BCUT2D eigenvalue weighted by molar-refractivity contribution is -0.138. The second-order valence-corrected chi connectivity index (χ2v) is 12.7. The van der Waals surface area contributed by atoms with Crippen molar-refractivity contribution in [3.63, 3.8) is 0 Å². The standard InChI is InChI=1S/C30H42ClN3O5S/c1-4-21-40(37,38)33(19-20-39-3)23-29(35)34(22-24-11-13-26(31)14-12-24)27-15-17-32(18-16-27)30(36)28(5-2)25-9-7-6-8-10-25/h6-14,27-28H,4-5,15-23H2,1-3H3. The van der Waals surface area contributed by atoms with E-state index in [4.69, 9.17) is 16.3 Å². The minimum atomic E-state index is -3.61. The van der Waals surface area contributed by atoms with Gasteiger partial charge < -0.3 is 14.5 Å². The first kappa shape index (κ1) is 32.1. The highest BCUT2D eigenvalue weighted by Crippen LogP contribution is 2.26. The van der Waals surface area contributed by atoms with E-state index in [9.17, 15) is 18.0 Å². The summed E-state index contributed by atoms with van der Waals surface area (Å²) in [6.07, 6.45) is 2.42. The van der Waals surface area contributed by atoms with Crippen LogP contribution in [-0.4, -0.2) is 86.0 Å². The van der Waals surface area contributed by atoms with Gasteiger partial charge in [0.2, 0.25) is 21.8 Å². The molecular weight excluding hydrogens is 550 g/mol. The Morgan fingerprint density at radius 2 is 1.70 bits per heavy atom. The summed E-state index contributed by atoms with van der Waals surface area (Å²) in [5, 5.41) is 0.605. The normalized spacial score (nSPS) is 15.3. The minimum absolute atomic E-state index is 0.0261. The number of rotatable bonds is 14. The minimum Gasteiger partial charge on any atom is -0.383 e. The van der Waals surface area contributed by atoms with Crippen LogP contribution in [-0.2, 0) is 30.9 Å². The fraction of sp³-hybridized carbons (Fsp3) is 0.533. The second kappa shape index (κ2) is 15.5. The molecule has 0 radical (unpaired) electrons. The average molecular weight is 592 g/mol. The molecule has 1 aliphatic heterocycles. The Bertz CT molecular complexity index is 1190. The molecule has 0 bridgehead atoms. The van der Waals surface area contributed by atoms with E-state index in [2.05, 4.69) is 0 Å². The van der Waals surface area contributed by atoms with E-state index in [1.165, 1.54) is 11.4 Å². The number of ether oxygens (including phenoxy) is 1. The van der Waals surface area contributed by atoms with Gasteiger partial charge >= 0.3 is 0 Å². The molecule has 1 unspecified atom stereocenters. The van der Waals surface area contributed by atoms with Crippen LogP contribution in [0.5, 0.6) is 0 Å². The molecule has 2 amide bonds. The molecule has 2 aromatic carbocycles. The van der Waals surface area contributed by atoms with E-state index in [0.717, 1.165) is 11.1 Å². The van der Waals surface area contributed by atoms with Gasteiger partial charge in [-0.2, -0.15) is 4.31 Å². The number of carbonyl (C=O) groups is 2. The summed E-state index contributed by atoms with van der Waals surface area (Å²) in [7, 11) is -2.10. The average Bonchev–Trinajstić information content (AvgIpc) is 2.95. The quantitative estimate of drug-likeness (QED) is 0.322. The van der Waals surface area contributed by atoms with Crippen LogP contribution in [0.1, 0.15) is 56.6 Å². The van der Waals surface area contributed by atoms with Crippen LogP contribution in [0, 0.1) is 0 Å². The molecule has 1 atom stereocenters. The summed E-state index contributed by atoms with van der Waals surface area (Å²) < 4.78 is 32.2. The Morgan fingerprint density at radius 3 is 2.27 bits per heavy atom. The largest absolute Gasteiger partial charge is 0.383 e. The molecule has 0 aliphatic carbocycles. The van der Waals surface area contributed by atoms with Crippen molar-refractivity contribution in [3.05, 3.63) is 70.7 Å². The van der Waals surface area contributed by atoms with Gasteiger partial charge in [-0.05, 0) is 48.9 Å². The highest BCUT2D eigenvalue weighted by atomic mass is 35.5. The van der Waals surface area contributed by atoms with Gasteiger partial charge in [-0.15, -0.1) is 0 Å². The summed E-state index contributed by atoms with van der Waals surface area (Å²) in [5.41, 5.74) is 1.92. The molecule has 8 nitrogen and oxygen atoms in total. The highest BCUT2D eigenvalue weighted by molar-refractivity contribution is 7.89. The number of halogens is 1. The lowest BCUT2D eigenvalue weighted by Gasteiger charge is -2.40. The molecule has 0 aromatic heterocycles. The summed E-state index contributed by atoms with van der Waals surface area (Å²) in [5.74, 6) is -0.366. The van der Waals surface area contributed by atoms with E-state index in [1.807, 2.05) is 54.3 Å². The third-order valence-electron chi connectivity index (χ3n) is 7.42. The van der Waals surface area contributed by atoms with Gasteiger partial charge in [0, 0.05) is 44.4 Å².